The first-order chi connectivity index (χ1) is 5.75. The molecule has 2 aromatic rings. The molecule has 0 unspecified atom stereocenters. The summed E-state index contributed by atoms with van der Waals surface area (Å²) >= 11 is 0. The van der Waals surface area contributed by atoms with Crippen molar-refractivity contribution in [3.8, 4) is 11.6 Å². The number of aryl methyl sites for hydroxylation is 1. The molecule has 0 aliphatic heterocycles. The topological polar surface area (TPSA) is 56.7 Å². The summed E-state index contributed by atoms with van der Waals surface area (Å²) in [4.78, 5) is 3.98. The summed E-state index contributed by atoms with van der Waals surface area (Å²) in [7, 11) is 1.84. The van der Waals surface area contributed by atoms with E-state index in [-0.39, 0.29) is 12.3 Å². The molecule has 2 aromatic heterocycles. The molecule has 0 aliphatic rings. The highest BCUT2D eigenvalue weighted by molar-refractivity contribution is 5.43. The Morgan fingerprint density at radius 2 is 2.64 bits per heavy atom. The lowest BCUT2D eigenvalue weighted by atomic mass is 10.5. The third-order valence-electron chi connectivity index (χ3n) is 1.25. The van der Waals surface area contributed by atoms with Gasteiger partial charge in [-0.15, -0.1) is 10.2 Å². The van der Waals surface area contributed by atoms with E-state index in [2.05, 4.69) is 15.2 Å². The summed E-state index contributed by atoms with van der Waals surface area (Å²) in [5, 5.41) is 7.02. The summed E-state index contributed by atoms with van der Waals surface area (Å²) in [6.45, 7) is 0. The van der Waals surface area contributed by atoms with Gasteiger partial charge in [-0.05, 0) is 0 Å². The first-order valence-electron chi connectivity index (χ1n) is 3.54. The molecule has 5 nitrogen and oxygen atoms in total. The molecule has 0 saturated heterocycles. The Labute approximate surface area is 64.1 Å². The highest BCUT2D eigenvalue weighted by Gasteiger charge is 2.04. The number of rotatable bonds is 1. The van der Waals surface area contributed by atoms with E-state index < -0.39 is 0 Å². The second-order valence-electron chi connectivity index (χ2n) is 2.12. The Morgan fingerprint density at radius 3 is 3.18 bits per heavy atom. The smallest absolute Gasteiger partial charge is 0.267 e. The van der Waals surface area contributed by atoms with Crippen molar-refractivity contribution in [1.82, 2.24) is 19.7 Å². The summed E-state index contributed by atoms with van der Waals surface area (Å²) in [5.41, 5.74) is 0.587. The molecule has 0 radical (unpaired) electrons. The monoisotopic (exact) mass is 151 g/mol. The molecule has 56 valence electrons. The van der Waals surface area contributed by atoms with Crippen LogP contribution in [-0.4, -0.2) is 19.7 Å². The van der Waals surface area contributed by atoms with E-state index in [0.717, 1.165) is 0 Å². The molecule has 2 rings (SSSR count). The maximum absolute atomic E-state index is 7.00. The minimum absolute atomic E-state index is 0.198. The van der Waals surface area contributed by atoms with Crippen LogP contribution in [0.3, 0.4) is 0 Å². The van der Waals surface area contributed by atoms with Crippen molar-refractivity contribution in [2.24, 2.45) is 7.05 Å². The van der Waals surface area contributed by atoms with Crippen LogP contribution in [0.5, 0.6) is 0 Å². The largest absolute Gasteiger partial charge is 0.422 e. The van der Waals surface area contributed by atoms with Gasteiger partial charge in [0.05, 0.1) is 6.33 Å². The normalized spacial score (nSPS) is 11.5. The Balaban J connectivity index is 2.43. The van der Waals surface area contributed by atoms with E-state index in [1.807, 2.05) is 7.05 Å². The molecular weight excluding hydrogens is 144 g/mol. The van der Waals surface area contributed by atoms with Gasteiger partial charge < -0.3 is 8.98 Å². The van der Waals surface area contributed by atoms with Crippen LogP contribution in [0.1, 0.15) is 1.37 Å². The molecule has 0 aliphatic carbocycles. The summed E-state index contributed by atoms with van der Waals surface area (Å²) < 4.78 is 13.6. The maximum Gasteiger partial charge on any atom is 0.267 e. The number of imidazole rings is 1. The molecule has 0 spiro atoms. The van der Waals surface area contributed by atoms with Crippen LogP contribution in [0, 0.1) is 0 Å². The number of nitrogens with zero attached hydrogens (tertiary/aromatic N) is 4. The van der Waals surface area contributed by atoms with Crippen LogP contribution in [0.25, 0.3) is 11.6 Å². The molecule has 0 amide bonds. The molecule has 2 heterocycles. The minimum atomic E-state index is -0.198. The van der Waals surface area contributed by atoms with Gasteiger partial charge >= 0.3 is 0 Å². The average Bonchev–Trinajstić information content (AvgIpc) is 2.58. The van der Waals surface area contributed by atoms with Crippen LogP contribution < -0.4 is 0 Å². The zero-order valence-corrected chi connectivity index (χ0v) is 5.85. The summed E-state index contributed by atoms with van der Waals surface area (Å²) in [5.74, 6) is 0.278. The van der Waals surface area contributed by atoms with E-state index in [0.29, 0.717) is 5.69 Å². The molecule has 0 bridgehead atoms. The van der Waals surface area contributed by atoms with Gasteiger partial charge in [0.2, 0.25) is 6.37 Å². The molecule has 0 atom stereocenters. The van der Waals surface area contributed by atoms with Crippen LogP contribution in [0.4, 0.5) is 0 Å². The fourth-order valence-electron chi connectivity index (χ4n) is 0.777. The second kappa shape index (κ2) is 2.19. The van der Waals surface area contributed by atoms with Gasteiger partial charge in [0.15, 0.2) is 0 Å². The first-order valence-corrected chi connectivity index (χ1v) is 3.04. The summed E-state index contributed by atoms with van der Waals surface area (Å²) in [6, 6.07) is 0. The molecule has 0 N–H and O–H groups in total. The first kappa shape index (κ1) is 5.06. The number of hydrogen-bond donors (Lipinski definition) is 0. The zero-order valence-electron chi connectivity index (χ0n) is 6.85. The van der Waals surface area contributed by atoms with Crippen molar-refractivity contribution < 1.29 is 5.79 Å². The van der Waals surface area contributed by atoms with Crippen molar-refractivity contribution in [2.45, 2.75) is 0 Å². The van der Waals surface area contributed by atoms with Gasteiger partial charge in [-0.3, -0.25) is 0 Å². The maximum atomic E-state index is 7.00. The van der Waals surface area contributed by atoms with Crippen LogP contribution in [-0.2, 0) is 7.05 Å². The van der Waals surface area contributed by atoms with Gasteiger partial charge in [0.25, 0.3) is 5.89 Å². The molecule has 0 aromatic carbocycles. The fraction of sp³-hybridized carbons (Fsp3) is 0.167. The molecular formula is C6H6N4O. The van der Waals surface area contributed by atoms with Crippen molar-refractivity contribution in [3.05, 3.63) is 18.9 Å². The Morgan fingerprint density at radius 1 is 1.73 bits per heavy atom. The van der Waals surface area contributed by atoms with Gasteiger partial charge in [0.1, 0.15) is 7.06 Å². The van der Waals surface area contributed by atoms with E-state index in [1.165, 1.54) is 0 Å². The van der Waals surface area contributed by atoms with Gasteiger partial charge in [-0.25, -0.2) is 4.98 Å². The van der Waals surface area contributed by atoms with Gasteiger partial charge in [-0.1, -0.05) is 0 Å². The van der Waals surface area contributed by atoms with Gasteiger partial charge in [-0.2, -0.15) is 0 Å². The average molecular weight is 151 g/mol. The lowest BCUT2D eigenvalue weighted by molar-refractivity contribution is 0.566. The Bertz CT molecular complexity index is 355. The minimum Gasteiger partial charge on any atom is -0.422 e. The molecule has 0 saturated carbocycles. The Hall–Kier alpha value is -1.65. The van der Waals surface area contributed by atoms with Crippen LogP contribution in [0.15, 0.2) is 23.3 Å². The van der Waals surface area contributed by atoms with Gasteiger partial charge in [0, 0.05) is 13.2 Å². The quantitative estimate of drug-likeness (QED) is 0.594. The predicted molar refractivity (Wildman–Crippen MR) is 36.5 cm³/mol. The highest BCUT2D eigenvalue weighted by atomic mass is 16.4. The number of hydrogen-bond acceptors (Lipinski definition) is 4. The van der Waals surface area contributed by atoms with Crippen LogP contribution in [0.2, 0.25) is 0 Å². The second-order valence-corrected chi connectivity index (χ2v) is 2.12. The third kappa shape index (κ3) is 1.000. The SMILES string of the molecule is [2H]c1nnc(-c2cn(C)cn2)o1. The van der Waals surface area contributed by atoms with E-state index in [1.54, 1.807) is 17.1 Å². The van der Waals surface area contributed by atoms with E-state index >= 15 is 0 Å². The predicted octanol–water partition coefficient (Wildman–Crippen LogP) is 0.470. The molecule has 5 heteroatoms. The fourth-order valence-corrected chi connectivity index (χ4v) is 0.777. The number of aromatic nitrogens is 4. The highest BCUT2D eigenvalue weighted by Crippen LogP contribution is 2.11. The van der Waals surface area contributed by atoms with Crippen molar-refractivity contribution in [2.75, 3.05) is 0 Å². The Kier molecular flexibility index (Phi) is 1.01. The third-order valence-corrected chi connectivity index (χ3v) is 1.25. The lowest BCUT2D eigenvalue weighted by Crippen LogP contribution is -1.78. The van der Waals surface area contributed by atoms with Crippen molar-refractivity contribution in [3.63, 3.8) is 0 Å². The molecule has 11 heavy (non-hydrogen) atoms. The lowest BCUT2D eigenvalue weighted by Gasteiger charge is -1.82. The van der Waals surface area contributed by atoms with Crippen LogP contribution >= 0.6 is 0 Å². The van der Waals surface area contributed by atoms with Crippen molar-refractivity contribution in [1.29, 1.82) is 0 Å². The van der Waals surface area contributed by atoms with E-state index in [9.17, 15) is 0 Å². The standard InChI is InChI=1S/C6H6N4O/c1-10-2-5(7-3-10)6-9-8-4-11-6/h2-4H,1H3/i4D. The zero-order chi connectivity index (χ0) is 8.55. The summed E-state index contributed by atoms with van der Waals surface area (Å²) in [6.07, 6.45) is 3.17. The van der Waals surface area contributed by atoms with E-state index in [4.69, 9.17) is 5.79 Å². The molecule has 0 fully saturated rings. The van der Waals surface area contributed by atoms with Crippen molar-refractivity contribution >= 4 is 0 Å².